The molecule has 3 N–H and O–H groups in total. The predicted octanol–water partition coefficient (Wildman–Crippen LogP) is -0.322. The molecular formula is C8H20N2O3S. The SMILES string of the molecule is CCOC(C)C(CCS(C)(=O)=O)NN. The van der Waals surface area contributed by atoms with Crippen molar-refractivity contribution < 1.29 is 13.2 Å². The second kappa shape index (κ2) is 6.34. The van der Waals surface area contributed by atoms with Crippen LogP contribution in [0.25, 0.3) is 0 Å². The highest BCUT2D eigenvalue weighted by Gasteiger charge is 2.17. The van der Waals surface area contributed by atoms with E-state index in [0.717, 1.165) is 0 Å². The van der Waals surface area contributed by atoms with E-state index < -0.39 is 9.84 Å². The number of nitrogens with one attached hydrogen (secondary N) is 1. The lowest BCUT2D eigenvalue weighted by molar-refractivity contribution is 0.0468. The molecule has 0 spiro atoms. The molecule has 0 aliphatic rings. The van der Waals surface area contributed by atoms with Crippen LogP contribution in [0.2, 0.25) is 0 Å². The van der Waals surface area contributed by atoms with Gasteiger partial charge in [-0.05, 0) is 20.3 Å². The van der Waals surface area contributed by atoms with Gasteiger partial charge in [-0.15, -0.1) is 0 Å². The van der Waals surface area contributed by atoms with Gasteiger partial charge in [0.25, 0.3) is 0 Å². The van der Waals surface area contributed by atoms with Gasteiger partial charge >= 0.3 is 0 Å². The van der Waals surface area contributed by atoms with Crippen LogP contribution < -0.4 is 11.3 Å². The molecule has 0 radical (unpaired) electrons. The van der Waals surface area contributed by atoms with E-state index in [1.54, 1.807) is 0 Å². The zero-order valence-electron chi connectivity index (χ0n) is 8.99. The molecule has 0 heterocycles. The fraction of sp³-hybridized carbons (Fsp3) is 1.00. The maximum absolute atomic E-state index is 10.9. The standard InChI is InChI=1S/C8H20N2O3S/c1-4-13-7(2)8(10-9)5-6-14(3,11)12/h7-8,10H,4-6,9H2,1-3H3. The van der Waals surface area contributed by atoms with Gasteiger partial charge in [0.1, 0.15) is 9.84 Å². The number of nitrogens with two attached hydrogens (primary N) is 1. The maximum Gasteiger partial charge on any atom is 0.147 e. The minimum Gasteiger partial charge on any atom is -0.377 e. The van der Waals surface area contributed by atoms with Crippen LogP contribution in [0.3, 0.4) is 0 Å². The Balaban J connectivity index is 4.02. The van der Waals surface area contributed by atoms with Crippen molar-refractivity contribution >= 4 is 9.84 Å². The summed E-state index contributed by atoms with van der Waals surface area (Å²) in [5, 5.41) is 0. The lowest BCUT2D eigenvalue weighted by atomic mass is 10.1. The Morgan fingerprint density at radius 2 is 2.07 bits per heavy atom. The predicted molar refractivity (Wildman–Crippen MR) is 56.5 cm³/mol. The van der Waals surface area contributed by atoms with E-state index in [2.05, 4.69) is 5.43 Å². The maximum atomic E-state index is 10.9. The Morgan fingerprint density at radius 1 is 1.50 bits per heavy atom. The van der Waals surface area contributed by atoms with Gasteiger partial charge in [0.15, 0.2) is 0 Å². The van der Waals surface area contributed by atoms with Crippen LogP contribution in [0.1, 0.15) is 20.3 Å². The number of hydrogen-bond acceptors (Lipinski definition) is 5. The van der Waals surface area contributed by atoms with Crippen molar-refractivity contribution in [1.29, 1.82) is 0 Å². The van der Waals surface area contributed by atoms with Crippen LogP contribution in [0, 0.1) is 0 Å². The molecule has 0 aromatic heterocycles. The summed E-state index contributed by atoms with van der Waals surface area (Å²) >= 11 is 0. The summed E-state index contributed by atoms with van der Waals surface area (Å²) in [6.07, 6.45) is 1.61. The van der Waals surface area contributed by atoms with Crippen LogP contribution in [0.15, 0.2) is 0 Å². The number of rotatable bonds is 7. The fourth-order valence-electron chi connectivity index (χ4n) is 1.17. The minimum atomic E-state index is -2.93. The smallest absolute Gasteiger partial charge is 0.147 e. The minimum absolute atomic E-state index is 0.0771. The quantitative estimate of drug-likeness (QED) is 0.457. The van der Waals surface area contributed by atoms with Gasteiger partial charge in [-0.25, -0.2) is 8.42 Å². The van der Waals surface area contributed by atoms with Gasteiger partial charge in [0, 0.05) is 18.9 Å². The summed E-state index contributed by atoms with van der Waals surface area (Å²) in [6, 6.07) is -0.121. The van der Waals surface area contributed by atoms with Crippen LogP contribution in [-0.2, 0) is 14.6 Å². The van der Waals surface area contributed by atoms with Gasteiger partial charge in [-0.2, -0.15) is 0 Å². The zero-order chi connectivity index (χ0) is 11.2. The van der Waals surface area contributed by atoms with Crippen molar-refractivity contribution in [2.75, 3.05) is 18.6 Å². The summed E-state index contributed by atoms with van der Waals surface area (Å²) < 4.78 is 27.2. The first kappa shape index (κ1) is 13.8. The van der Waals surface area contributed by atoms with Gasteiger partial charge in [-0.3, -0.25) is 11.3 Å². The first-order valence-corrected chi connectivity index (χ1v) is 6.72. The van der Waals surface area contributed by atoms with Gasteiger partial charge in [-0.1, -0.05) is 0 Å². The third kappa shape index (κ3) is 6.31. The molecule has 0 aliphatic carbocycles. The lowest BCUT2D eigenvalue weighted by Crippen LogP contribution is -2.44. The normalized spacial score (nSPS) is 16.6. The van der Waals surface area contributed by atoms with Crippen LogP contribution in [0.5, 0.6) is 0 Å². The molecule has 0 aromatic rings. The Hall–Kier alpha value is -0.170. The van der Waals surface area contributed by atoms with E-state index in [4.69, 9.17) is 10.6 Å². The molecule has 0 aromatic carbocycles. The highest BCUT2D eigenvalue weighted by Crippen LogP contribution is 2.04. The molecule has 2 unspecified atom stereocenters. The summed E-state index contributed by atoms with van der Waals surface area (Å²) in [5.41, 5.74) is 2.57. The molecule has 6 heteroatoms. The number of hydrogen-bond donors (Lipinski definition) is 2. The third-order valence-electron chi connectivity index (χ3n) is 2.01. The Labute approximate surface area is 85.9 Å². The molecule has 0 fully saturated rings. The molecule has 14 heavy (non-hydrogen) atoms. The molecule has 0 amide bonds. The average molecular weight is 224 g/mol. The first-order chi connectivity index (χ1) is 6.40. The summed E-state index contributed by atoms with van der Waals surface area (Å²) in [6.45, 7) is 4.36. The monoisotopic (exact) mass is 224 g/mol. The van der Waals surface area contributed by atoms with Crippen molar-refractivity contribution in [3.05, 3.63) is 0 Å². The molecular weight excluding hydrogens is 204 g/mol. The largest absolute Gasteiger partial charge is 0.377 e. The second-order valence-corrected chi connectivity index (χ2v) is 5.61. The van der Waals surface area contributed by atoms with Gasteiger partial charge < -0.3 is 4.74 Å². The summed E-state index contributed by atoms with van der Waals surface area (Å²) in [5.74, 6) is 5.43. The van der Waals surface area contributed by atoms with E-state index in [1.807, 2.05) is 13.8 Å². The van der Waals surface area contributed by atoms with E-state index in [0.29, 0.717) is 13.0 Å². The fourth-order valence-corrected chi connectivity index (χ4v) is 1.86. The lowest BCUT2D eigenvalue weighted by Gasteiger charge is -2.22. The molecule has 5 nitrogen and oxygen atoms in total. The number of hydrazine groups is 1. The second-order valence-electron chi connectivity index (χ2n) is 3.35. The van der Waals surface area contributed by atoms with Crippen molar-refractivity contribution in [3.8, 4) is 0 Å². The van der Waals surface area contributed by atoms with Crippen molar-refractivity contribution in [2.24, 2.45) is 5.84 Å². The molecule has 2 atom stereocenters. The van der Waals surface area contributed by atoms with Gasteiger partial charge in [0.2, 0.25) is 0 Å². The molecule has 86 valence electrons. The van der Waals surface area contributed by atoms with Crippen molar-refractivity contribution in [1.82, 2.24) is 5.43 Å². The number of sulfone groups is 1. The first-order valence-electron chi connectivity index (χ1n) is 4.66. The van der Waals surface area contributed by atoms with E-state index in [-0.39, 0.29) is 17.9 Å². The highest BCUT2D eigenvalue weighted by atomic mass is 32.2. The zero-order valence-corrected chi connectivity index (χ0v) is 9.80. The average Bonchev–Trinajstić information content (AvgIpc) is 2.03. The molecule has 0 rings (SSSR count). The van der Waals surface area contributed by atoms with E-state index in [1.165, 1.54) is 6.26 Å². The highest BCUT2D eigenvalue weighted by molar-refractivity contribution is 7.90. The summed E-state index contributed by atoms with van der Waals surface area (Å²) in [7, 11) is -2.93. The van der Waals surface area contributed by atoms with Gasteiger partial charge in [0.05, 0.1) is 11.9 Å². The van der Waals surface area contributed by atoms with Crippen molar-refractivity contribution in [3.63, 3.8) is 0 Å². The molecule has 0 saturated carbocycles. The Kier molecular flexibility index (Phi) is 6.26. The van der Waals surface area contributed by atoms with E-state index in [9.17, 15) is 8.42 Å². The molecule has 0 bridgehead atoms. The van der Waals surface area contributed by atoms with Crippen LogP contribution in [-0.4, -0.2) is 39.2 Å². The Bertz CT molecular complexity index is 241. The van der Waals surface area contributed by atoms with E-state index >= 15 is 0 Å². The third-order valence-corrected chi connectivity index (χ3v) is 2.99. The molecule has 0 saturated heterocycles. The van der Waals surface area contributed by atoms with Crippen LogP contribution >= 0.6 is 0 Å². The molecule has 0 aliphatic heterocycles. The topological polar surface area (TPSA) is 81.4 Å². The number of ether oxygens (including phenoxy) is 1. The Morgan fingerprint density at radius 3 is 2.43 bits per heavy atom. The van der Waals surface area contributed by atoms with Crippen LogP contribution in [0.4, 0.5) is 0 Å². The van der Waals surface area contributed by atoms with Crippen molar-refractivity contribution in [2.45, 2.75) is 32.4 Å². The summed E-state index contributed by atoms with van der Waals surface area (Å²) in [4.78, 5) is 0.